The largest absolute Gasteiger partial charge is 0.466 e. The van der Waals surface area contributed by atoms with Crippen molar-refractivity contribution < 1.29 is 23.9 Å². The molecule has 4 N–H and O–H groups in total. The highest BCUT2D eigenvalue weighted by atomic mass is 16.5. The Kier molecular flexibility index (Phi) is 7.29. The Morgan fingerprint density at radius 1 is 1.21 bits per heavy atom. The summed E-state index contributed by atoms with van der Waals surface area (Å²) in [5.41, 5.74) is 6.01. The third kappa shape index (κ3) is 5.31. The van der Waals surface area contributed by atoms with Crippen LogP contribution in [0.2, 0.25) is 0 Å². The summed E-state index contributed by atoms with van der Waals surface area (Å²) >= 11 is 0. The molecule has 0 saturated heterocycles. The van der Waals surface area contributed by atoms with E-state index in [1.807, 2.05) is 0 Å². The normalized spacial score (nSPS) is 11.7. The molecule has 1 aromatic heterocycles. The molecule has 1 atom stereocenters. The van der Waals surface area contributed by atoms with Crippen LogP contribution >= 0.6 is 0 Å². The van der Waals surface area contributed by atoms with E-state index in [0.717, 1.165) is 0 Å². The summed E-state index contributed by atoms with van der Waals surface area (Å²) in [6.45, 7) is 5.26. The lowest BCUT2D eigenvalue weighted by molar-refractivity contribution is -0.146. The van der Waals surface area contributed by atoms with Gasteiger partial charge in [-0.2, -0.15) is 0 Å². The van der Waals surface area contributed by atoms with Crippen molar-refractivity contribution in [1.29, 1.82) is 0 Å². The van der Waals surface area contributed by atoms with Gasteiger partial charge in [0.05, 0.1) is 24.1 Å². The van der Waals surface area contributed by atoms with Crippen molar-refractivity contribution in [2.45, 2.75) is 39.7 Å². The molecule has 1 unspecified atom stereocenters. The zero-order valence-corrected chi connectivity index (χ0v) is 16.5. The van der Waals surface area contributed by atoms with Crippen LogP contribution < -0.4 is 16.6 Å². The number of carbonyl (C=O) groups is 3. The Balaban J connectivity index is 2.28. The average molecular weight is 404 g/mol. The van der Waals surface area contributed by atoms with Gasteiger partial charge in [0.15, 0.2) is 0 Å². The Labute approximate surface area is 166 Å². The van der Waals surface area contributed by atoms with Crippen LogP contribution in [-0.2, 0) is 19.1 Å². The number of aromatic nitrogens is 2. The minimum absolute atomic E-state index is 0.0225. The van der Waals surface area contributed by atoms with E-state index in [9.17, 15) is 19.2 Å². The van der Waals surface area contributed by atoms with Gasteiger partial charge in [0.1, 0.15) is 6.04 Å². The number of aromatic amines is 1. The van der Waals surface area contributed by atoms with E-state index in [4.69, 9.17) is 15.2 Å². The predicted molar refractivity (Wildman–Crippen MR) is 105 cm³/mol. The van der Waals surface area contributed by atoms with Gasteiger partial charge >= 0.3 is 11.9 Å². The second kappa shape index (κ2) is 9.67. The summed E-state index contributed by atoms with van der Waals surface area (Å²) in [7, 11) is 0. The number of nitrogen functional groups attached to an aromatic ring is 1. The van der Waals surface area contributed by atoms with Crippen molar-refractivity contribution >= 4 is 34.7 Å². The molecule has 156 valence electrons. The van der Waals surface area contributed by atoms with Gasteiger partial charge in [-0.15, -0.1) is 0 Å². The molecule has 10 nitrogen and oxygen atoms in total. The number of amides is 1. The number of ether oxygens (including phenoxy) is 2. The molecule has 2 aromatic rings. The summed E-state index contributed by atoms with van der Waals surface area (Å²) in [5, 5.41) is 2.80. The first-order valence-electron chi connectivity index (χ1n) is 9.20. The quantitative estimate of drug-likeness (QED) is 0.547. The van der Waals surface area contributed by atoms with Gasteiger partial charge < -0.3 is 20.5 Å². The van der Waals surface area contributed by atoms with Crippen molar-refractivity contribution in [2.75, 3.05) is 18.9 Å². The maximum Gasteiger partial charge on any atom is 0.328 e. The monoisotopic (exact) mass is 404 g/mol. The summed E-state index contributed by atoms with van der Waals surface area (Å²) in [6.07, 6.45) is -0.0358. The Morgan fingerprint density at radius 3 is 2.55 bits per heavy atom. The number of esters is 2. The van der Waals surface area contributed by atoms with Crippen LogP contribution in [0.25, 0.3) is 10.9 Å². The van der Waals surface area contributed by atoms with E-state index in [-0.39, 0.29) is 43.0 Å². The summed E-state index contributed by atoms with van der Waals surface area (Å²) in [6, 6.07) is 1.96. The van der Waals surface area contributed by atoms with E-state index < -0.39 is 29.4 Å². The molecular weight excluding hydrogens is 380 g/mol. The molecule has 1 amide bonds. The molecule has 1 aromatic carbocycles. The van der Waals surface area contributed by atoms with Gasteiger partial charge in [-0.05, 0) is 44.9 Å². The lowest BCUT2D eigenvalue weighted by Gasteiger charge is -2.18. The van der Waals surface area contributed by atoms with Crippen LogP contribution in [0.4, 0.5) is 5.95 Å². The maximum absolute atomic E-state index is 12.8. The zero-order chi connectivity index (χ0) is 21.6. The number of H-pyrrole nitrogens is 1. The van der Waals surface area contributed by atoms with Crippen LogP contribution in [0.3, 0.4) is 0 Å². The van der Waals surface area contributed by atoms with E-state index in [1.54, 1.807) is 20.8 Å². The number of hydrogen-bond donors (Lipinski definition) is 3. The first kappa shape index (κ1) is 21.9. The molecule has 0 bridgehead atoms. The minimum Gasteiger partial charge on any atom is -0.466 e. The Bertz CT molecular complexity index is 985. The predicted octanol–water partition coefficient (Wildman–Crippen LogP) is 0.819. The highest BCUT2D eigenvalue weighted by Gasteiger charge is 2.25. The van der Waals surface area contributed by atoms with E-state index in [2.05, 4.69) is 15.3 Å². The second-order valence-electron chi connectivity index (χ2n) is 6.21. The fraction of sp³-hybridized carbons (Fsp3) is 0.421. The Morgan fingerprint density at radius 2 is 1.90 bits per heavy atom. The first-order valence-corrected chi connectivity index (χ1v) is 9.20. The highest BCUT2D eigenvalue weighted by molar-refractivity contribution is 6.02. The SMILES string of the molecule is CCOC(=O)CCC(NC(=O)c1ccc2nc(N)[nH]c(=O)c2c1C)C(=O)OCC. The molecule has 0 spiro atoms. The van der Waals surface area contributed by atoms with Crippen molar-refractivity contribution in [3.05, 3.63) is 33.6 Å². The number of rotatable bonds is 8. The smallest absolute Gasteiger partial charge is 0.328 e. The fourth-order valence-electron chi connectivity index (χ4n) is 2.88. The van der Waals surface area contributed by atoms with E-state index >= 15 is 0 Å². The lowest BCUT2D eigenvalue weighted by Crippen LogP contribution is -2.42. The molecule has 1 heterocycles. The number of fused-ring (bicyclic) bond motifs is 1. The van der Waals surface area contributed by atoms with Crippen LogP contribution in [0.1, 0.15) is 42.6 Å². The molecule has 2 rings (SSSR count). The molecule has 0 aliphatic heterocycles. The number of nitrogens with one attached hydrogen (secondary N) is 2. The molecule has 0 aliphatic carbocycles. The first-order chi connectivity index (χ1) is 13.8. The number of nitrogens with two attached hydrogens (primary N) is 1. The van der Waals surface area contributed by atoms with Crippen LogP contribution in [0, 0.1) is 6.92 Å². The molecule has 0 aliphatic rings. The molecule has 0 fully saturated rings. The standard InChI is InChI=1S/C19H24N4O6/c1-4-28-14(24)9-8-13(18(27)29-5-2)21-16(25)11-6-7-12-15(10(11)3)17(26)23-19(20)22-12/h6-7,13H,4-5,8-9H2,1-3H3,(H,21,25)(H3,20,22,23,26). The Hall–Kier alpha value is -3.43. The van der Waals surface area contributed by atoms with Gasteiger partial charge in [-0.3, -0.25) is 19.4 Å². The number of carbonyl (C=O) groups excluding carboxylic acids is 3. The van der Waals surface area contributed by atoms with Gasteiger partial charge in [0, 0.05) is 12.0 Å². The molecule has 0 saturated carbocycles. The van der Waals surface area contributed by atoms with E-state index in [0.29, 0.717) is 11.1 Å². The van der Waals surface area contributed by atoms with E-state index in [1.165, 1.54) is 12.1 Å². The summed E-state index contributed by atoms with van der Waals surface area (Å²) in [5.74, 6) is -1.74. The number of anilines is 1. The topological polar surface area (TPSA) is 153 Å². The van der Waals surface area contributed by atoms with Crippen LogP contribution in [0.5, 0.6) is 0 Å². The van der Waals surface area contributed by atoms with Gasteiger partial charge in [-0.1, -0.05) is 0 Å². The summed E-state index contributed by atoms with van der Waals surface area (Å²) < 4.78 is 9.83. The lowest BCUT2D eigenvalue weighted by atomic mass is 10.0. The highest BCUT2D eigenvalue weighted by Crippen LogP contribution is 2.18. The third-order valence-electron chi connectivity index (χ3n) is 4.22. The number of hydrogen-bond acceptors (Lipinski definition) is 8. The summed E-state index contributed by atoms with van der Waals surface area (Å²) in [4.78, 5) is 55.2. The third-order valence-corrected chi connectivity index (χ3v) is 4.22. The number of benzene rings is 1. The van der Waals surface area contributed by atoms with Gasteiger partial charge in [-0.25, -0.2) is 9.78 Å². The molecule has 10 heteroatoms. The van der Waals surface area contributed by atoms with Crippen LogP contribution in [0.15, 0.2) is 16.9 Å². The van der Waals surface area contributed by atoms with Gasteiger partial charge in [0.2, 0.25) is 5.95 Å². The zero-order valence-electron chi connectivity index (χ0n) is 16.5. The maximum atomic E-state index is 12.8. The molecule has 0 radical (unpaired) electrons. The van der Waals surface area contributed by atoms with Crippen molar-refractivity contribution in [1.82, 2.24) is 15.3 Å². The van der Waals surface area contributed by atoms with Crippen molar-refractivity contribution in [2.24, 2.45) is 0 Å². The number of nitrogens with zero attached hydrogens (tertiary/aromatic N) is 1. The molecule has 29 heavy (non-hydrogen) atoms. The van der Waals surface area contributed by atoms with Gasteiger partial charge in [0.25, 0.3) is 11.5 Å². The number of aryl methyl sites for hydroxylation is 1. The second-order valence-corrected chi connectivity index (χ2v) is 6.21. The van der Waals surface area contributed by atoms with Crippen molar-refractivity contribution in [3.63, 3.8) is 0 Å². The fourth-order valence-corrected chi connectivity index (χ4v) is 2.88. The average Bonchev–Trinajstić information content (AvgIpc) is 2.64. The van der Waals surface area contributed by atoms with Crippen LogP contribution in [-0.4, -0.2) is 47.1 Å². The molecular formula is C19H24N4O6. The minimum atomic E-state index is -1.04. The van der Waals surface area contributed by atoms with Crippen molar-refractivity contribution in [3.8, 4) is 0 Å².